The van der Waals surface area contributed by atoms with E-state index in [1.54, 1.807) is 23.1 Å². The molecule has 0 bridgehead atoms. The Morgan fingerprint density at radius 1 is 0.903 bits per heavy atom. The third-order valence-electron chi connectivity index (χ3n) is 5.36. The Labute approximate surface area is 175 Å². The summed E-state index contributed by atoms with van der Waals surface area (Å²) in [6.07, 6.45) is 7.27. The number of aromatic amines is 2. The summed E-state index contributed by atoms with van der Waals surface area (Å²) in [6, 6.07) is 12.4. The van der Waals surface area contributed by atoms with Crippen molar-refractivity contribution in [3.8, 4) is 33.8 Å². The van der Waals surface area contributed by atoms with E-state index in [9.17, 15) is 4.39 Å². The zero-order valence-corrected chi connectivity index (χ0v) is 16.5. The smallest absolute Gasteiger partial charge is 0.155 e. The highest BCUT2D eigenvalue weighted by Gasteiger charge is 2.16. The first kappa shape index (κ1) is 17.5. The van der Waals surface area contributed by atoms with Crippen LogP contribution >= 0.6 is 0 Å². The lowest BCUT2D eigenvalue weighted by Gasteiger charge is -2.02. The number of nitrogens with zero attached hydrogens (tertiary/aromatic N) is 5. The predicted octanol–water partition coefficient (Wildman–Crippen LogP) is 4.71. The van der Waals surface area contributed by atoms with Crippen LogP contribution in [0.4, 0.5) is 4.39 Å². The van der Waals surface area contributed by atoms with Gasteiger partial charge < -0.3 is 4.98 Å². The fourth-order valence-electron chi connectivity index (χ4n) is 3.88. The van der Waals surface area contributed by atoms with E-state index in [0.29, 0.717) is 11.3 Å². The van der Waals surface area contributed by atoms with Crippen LogP contribution < -0.4 is 0 Å². The number of hydrogen-bond acceptors (Lipinski definition) is 4. The number of hydrogen-bond donors (Lipinski definition) is 2. The number of aromatic nitrogens is 7. The van der Waals surface area contributed by atoms with Crippen LogP contribution in [0.3, 0.4) is 0 Å². The van der Waals surface area contributed by atoms with Crippen LogP contribution in [0.2, 0.25) is 0 Å². The van der Waals surface area contributed by atoms with Crippen LogP contribution in [0.5, 0.6) is 0 Å². The van der Waals surface area contributed by atoms with Gasteiger partial charge in [0, 0.05) is 58.6 Å². The first-order valence-corrected chi connectivity index (χ1v) is 9.73. The van der Waals surface area contributed by atoms with E-state index in [1.807, 2.05) is 37.6 Å². The third kappa shape index (κ3) is 2.88. The van der Waals surface area contributed by atoms with Crippen molar-refractivity contribution in [1.29, 1.82) is 0 Å². The number of halogens is 1. The number of pyridine rings is 2. The maximum atomic E-state index is 13.8. The molecule has 6 aromatic rings. The molecule has 0 atom stereocenters. The highest BCUT2D eigenvalue weighted by atomic mass is 19.1. The zero-order valence-electron chi connectivity index (χ0n) is 16.5. The van der Waals surface area contributed by atoms with Crippen LogP contribution in [0, 0.1) is 5.82 Å². The molecule has 5 heterocycles. The Morgan fingerprint density at radius 3 is 2.68 bits per heavy atom. The van der Waals surface area contributed by atoms with Gasteiger partial charge in [0.2, 0.25) is 0 Å². The number of fused-ring (bicyclic) bond motifs is 2. The van der Waals surface area contributed by atoms with Gasteiger partial charge in [-0.15, -0.1) is 0 Å². The summed E-state index contributed by atoms with van der Waals surface area (Å²) < 4.78 is 15.5. The predicted molar refractivity (Wildman–Crippen MR) is 117 cm³/mol. The Morgan fingerprint density at radius 2 is 1.84 bits per heavy atom. The minimum absolute atomic E-state index is 0.292. The molecule has 5 aromatic heterocycles. The Kier molecular flexibility index (Phi) is 3.73. The standard InChI is InChI=1S/C23H16FN7/c1-31-12-15(11-27-31)14-8-18-22(29-30-23(18)26-10-14)20-9-17-19(28-20)5-6-25-21(17)13-3-2-4-16(24)7-13/h2-12,28H,1H3,(H,26,29,30). The molecule has 7 nitrogen and oxygen atoms in total. The second-order valence-electron chi connectivity index (χ2n) is 7.41. The molecule has 6 rings (SSSR count). The molecule has 0 unspecified atom stereocenters. The van der Waals surface area contributed by atoms with Crippen molar-refractivity contribution in [3.05, 3.63) is 73.1 Å². The van der Waals surface area contributed by atoms with Gasteiger partial charge in [-0.25, -0.2) is 9.37 Å². The van der Waals surface area contributed by atoms with Gasteiger partial charge in [0.1, 0.15) is 11.5 Å². The van der Waals surface area contributed by atoms with Crippen LogP contribution in [0.25, 0.3) is 55.7 Å². The van der Waals surface area contributed by atoms with Gasteiger partial charge in [-0.05, 0) is 30.3 Å². The Bertz CT molecular complexity index is 1570. The third-order valence-corrected chi connectivity index (χ3v) is 5.36. The molecule has 8 heteroatoms. The maximum absolute atomic E-state index is 13.8. The molecule has 0 amide bonds. The number of benzene rings is 1. The molecule has 0 aliphatic carbocycles. The van der Waals surface area contributed by atoms with Gasteiger partial charge in [-0.3, -0.25) is 14.8 Å². The number of nitrogens with one attached hydrogen (secondary N) is 2. The summed E-state index contributed by atoms with van der Waals surface area (Å²) in [5.74, 6) is -0.292. The molecular formula is C23H16FN7. The Hall–Kier alpha value is -4.33. The zero-order chi connectivity index (χ0) is 20.9. The van der Waals surface area contributed by atoms with E-state index in [-0.39, 0.29) is 5.82 Å². The van der Waals surface area contributed by atoms with Crippen molar-refractivity contribution < 1.29 is 4.39 Å². The van der Waals surface area contributed by atoms with Gasteiger partial charge in [0.05, 0.1) is 17.6 Å². The van der Waals surface area contributed by atoms with Gasteiger partial charge >= 0.3 is 0 Å². The molecule has 150 valence electrons. The van der Waals surface area contributed by atoms with Crippen molar-refractivity contribution in [1.82, 2.24) is 34.9 Å². The number of H-pyrrole nitrogens is 2. The van der Waals surface area contributed by atoms with Crippen molar-refractivity contribution in [2.45, 2.75) is 0 Å². The van der Waals surface area contributed by atoms with Crippen LogP contribution in [-0.4, -0.2) is 34.9 Å². The lowest BCUT2D eigenvalue weighted by atomic mass is 10.1. The molecule has 31 heavy (non-hydrogen) atoms. The highest BCUT2D eigenvalue weighted by Crippen LogP contribution is 2.33. The second-order valence-corrected chi connectivity index (χ2v) is 7.41. The molecule has 0 spiro atoms. The molecule has 0 aliphatic heterocycles. The molecular weight excluding hydrogens is 393 g/mol. The van der Waals surface area contributed by atoms with Crippen LogP contribution in [0.15, 0.2) is 67.3 Å². The molecule has 0 saturated carbocycles. The van der Waals surface area contributed by atoms with Gasteiger partial charge in [0.15, 0.2) is 5.65 Å². The topological polar surface area (TPSA) is 88.1 Å². The summed E-state index contributed by atoms with van der Waals surface area (Å²) in [5, 5.41) is 13.5. The van der Waals surface area contributed by atoms with E-state index in [1.165, 1.54) is 12.1 Å². The monoisotopic (exact) mass is 409 g/mol. The van der Waals surface area contributed by atoms with Crippen LogP contribution in [0.1, 0.15) is 0 Å². The average molecular weight is 409 g/mol. The molecule has 0 fully saturated rings. The minimum Gasteiger partial charge on any atom is -0.353 e. The quantitative estimate of drug-likeness (QED) is 0.443. The van der Waals surface area contributed by atoms with Crippen LogP contribution in [-0.2, 0) is 7.05 Å². The second kappa shape index (κ2) is 6.60. The summed E-state index contributed by atoms with van der Waals surface area (Å²) in [7, 11) is 1.88. The van der Waals surface area contributed by atoms with E-state index < -0.39 is 0 Å². The summed E-state index contributed by atoms with van der Waals surface area (Å²) in [6.45, 7) is 0. The van der Waals surface area contributed by atoms with E-state index in [0.717, 1.165) is 44.4 Å². The van der Waals surface area contributed by atoms with Crippen molar-refractivity contribution in [2.75, 3.05) is 0 Å². The highest BCUT2D eigenvalue weighted by molar-refractivity contribution is 5.99. The van der Waals surface area contributed by atoms with Gasteiger partial charge in [-0.2, -0.15) is 10.2 Å². The lowest BCUT2D eigenvalue weighted by Crippen LogP contribution is -1.85. The van der Waals surface area contributed by atoms with Crippen molar-refractivity contribution in [2.24, 2.45) is 7.05 Å². The van der Waals surface area contributed by atoms with Crippen molar-refractivity contribution in [3.63, 3.8) is 0 Å². The summed E-state index contributed by atoms with van der Waals surface area (Å²) >= 11 is 0. The largest absolute Gasteiger partial charge is 0.353 e. The summed E-state index contributed by atoms with van der Waals surface area (Å²) in [5.41, 5.74) is 6.57. The number of rotatable bonds is 3. The molecule has 1 aromatic carbocycles. The fraction of sp³-hybridized carbons (Fsp3) is 0.0435. The minimum atomic E-state index is -0.292. The van der Waals surface area contributed by atoms with Crippen molar-refractivity contribution >= 4 is 21.9 Å². The van der Waals surface area contributed by atoms with Gasteiger partial charge in [-0.1, -0.05) is 12.1 Å². The first-order valence-electron chi connectivity index (χ1n) is 9.73. The van der Waals surface area contributed by atoms with E-state index in [4.69, 9.17) is 0 Å². The Balaban J connectivity index is 1.51. The SMILES string of the molecule is Cn1cc(-c2cnc3[nH]nc(-c4cc5c(-c6cccc(F)c6)nccc5[nH]4)c3c2)cn1. The molecule has 0 radical (unpaired) electrons. The average Bonchev–Trinajstić information content (AvgIpc) is 3.50. The molecule has 0 aliphatic rings. The van der Waals surface area contributed by atoms with Gasteiger partial charge in [0.25, 0.3) is 0 Å². The summed E-state index contributed by atoms with van der Waals surface area (Å²) in [4.78, 5) is 12.4. The number of aryl methyl sites for hydroxylation is 1. The molecule has 2 N–H and O–H groups in total. The van der Waals surface area contributed by atoms with E-state index in [2.05, 4.69) is 36.3 Å². The first-order chi connectivity index (χ1) is 15.2. The normalized spacial score (nSPS) is 11.5. The fourth-order valence-corrected chi connectivity index (χ4v) is 3.88. The lowest BCUT2D eigenvalue weighted by molar-refractivity contribution is 0.628. The maximum Gasteiger partial charge on any atom is 0.155 e. The molecule has 0 saturated heterocycles. The van der Waals surface area contributed by atoms with E-state index >= 15 is 0 Å².